The number of piperidine rings is 1. The highest BCUT2D eigenvalue weighted by Crippen LogP contribution is 2.39. The highest BCUT2D eigenvalue weighted by molar-refractivity contribution is 7.71. The number of carbonyl (C=O) groups is 1. The van der Waals surface area contributed by atoms with Crippen LogP contribution in [0.2, 0.25) is 0 Å². The minimum Gasteiger partial charge on any atom is -0.466 e. The van der Waals surface area contributed by atoms with Crippen LogP contribution >= 0.6 is 12.2 Å². The lowest BCUT2D eigenvalue weighted by Gasteiger charge is -2.30. The monoisotopic (exact) mass is 311 g/mol. The summed E-state index contributed by atoms with van der Waals surface area (Å²) in [5, 5.41) is 4.46. The Kier molecular flexibility index (Phi) is 4.40. The number of ether oxygens (including phenoxy) is 1. The highest BCUT2D eigenvalue weighted by atomic mass is 32.1. The normalized spacial score (nSPS) is 20.6. The van der Waals surface area contributed by atoms with Gasteiger partial charge >= 0.3 is 5.97 Å². The molecule has 1 aromatic rings. The smallest absolute Gasteiger partial charge is 0.309 e. The van der Waals surface area contributed by atoms with Gasteiger partial charge in [0.1, 0.15) is 0 Å². The van der Waals surface area contributed by atoms with Crippen LogP contribution < -0.4 is 0 Å². The molecule has 1 aromatic heterocycles. The first-order valence-electron chi connectivity index (χ1n) is 7.64. The number of nitrogens with zero attached hydrogens (tertiary/aromatic N) is 3. The maximum atomic E-state index is 11.7. The highest BCUT2D eigenvalue weighted by Gasteiger charge is 2.30. The van der Waals surface area contributed by atoms with Crippen LogP contribution in [0, 0.1) is 10.8 Å². The second-order valence-corrected chi connectivity index (χ2v) is 6.12. The first kappa shape index (κ1) is 14.7. The third-order valence-electron chi connectivity index (χ3n) is 4.09. The Hall–Kier alpha value is -1.21. The molecule has 2 aliphatic rings. The standard InChI is InChI=1S/C14H21N3O3S/c1-2-19-13(18)11-5-7-16(8-6-11)9-17-14(21)20-12(15-17)10-3-4-10/h10-11H,2-9H2,1H3. The van der Waals surface area contributed by atoms with Gasteiger partial charge in [0, 0.05) is 19.0 Å². The lowest BCUT2D eigenvalue weighted by molar-refractivity contribution is -0.149. The van der Waals surface area contributed by atoms with Gasteiger partial charge in [-0.25, -0.2) is 4.68 Å². The molecule has 3 rings (SSSR count). The predicted octanol–water partition coefficient (Wildman–Crippen LogP) is 2.32. The molecule has 0 bridgehead atoms. The zero-order valence-corrected chi connectivity index (χ0v) is 13.1. The van der Waals surface area contributed by atoms with Crippen molar-refractivity contribution < 1.29 is 13.9 Å². The van der Waals surface area contributed by atoms with Gasteiger partial charge in [0.2, 0.25) is 5.89 Å². The molecule has 0 atom stereocenters. The van der Waals surface area contributed by atoms with E-state index in [-0.39, 0.29) is 11.9 Å². The van der Waals surface area contributed by atoms with Gasteiger partial charge in [-0.2, -0.15) is 0 Å². The van der Waals surface area contributed by atoms with Crippen LogP contribution in [0.1, 0.15) is 44.4 Å². The van der Waals surface area contributed by atoms with Crippen molar-refractivity contribution in [1.82, 2.24) is 14.7 Å². The summed E-state index contributed by atoms with van der Waals surface area (Å²) in [4.78, 5) is 14.4. The second kappa shape index (κ2) is 6.27. The molecule has 0 radical (unpaired) electrons. The van der Waals surface area contributed by atoms with Crippen LogP contribution in [0.4, 0.5) is 0 Å². The summed E-state index contributed by atoms with van der Waals surface area (Å²) >= 11 is 5.22. The van der Waals surface area contributed by atoms with E-state index in [1.54, 1.807) is 4.68 Å². The van der Waals surface area contributed by atoms with Gasteiger partial charge in [0.05, 0.1) is 19.2 Å². The molecule has 6 nitrogen and oxygen atoms in total. The van der Waals surface area contributed by atoms with Crippen molar-refractivity contribution in [3.63, 3.8) is 0 Å². The summed E-state index contributed by atoms with van der Waals surface area (Å²) in [6.07, 6.45) is 3.97. The summed E-state index contributed by atoms with van der Waals surface area (Å²) < 4.78 is 12.4. The minimum atomic E-state index is -0.0637. The zero-order valence-electron chi connectivity index (χ0n) is 12.3. The van der Waals surface area contributed by atoms with E-state index in [0.29, 0.717) is 24.0 Å². The van der Waals surface area contributed by atoms with E-state index < -0.39 is 0 Å². The van der Waals surface area contributed by atoms with E-state index in [2.05, 4.69) is 10.00 Å². The molecule has 2 fully saturated rings. The van der Waals surface area contributed by atoms with Gasteiger partial charge in [0.25, 0.3) is 4.84 Å². The molecular weight excluding hydrogens is 290 g/mol. The number of carbonyl (C=O) groups excluding carboxylic acids is 1. The number of aromatic nitrogens is 2. The third-order valence-corrected chi connectivity index (χ3v) is 4.38. The Morgan fingerprint density at radius 3 is 2.71 bits per heavy atom. The fourth-order valence-electron chi connectivity index (χ4n) is 2.67. The molecule has 7 heteroatoms. The molecule has 2 heterocycles. The van der Waals surface area contributed by atoms with E-state index in [1.165, 1.54) is 0 Å². The lowest BCUT2D eigenvalue weighted by atomic mass is 9.97. The van der Waals surface area contributed by atoms with Gasteiger partial charge in [-0.15, -0.1) is 5.10 Å². The number of likely N-dealkylation sites (tertiary alicyclic amines) is 1. The average molecular weight is 311 g/mol. The molecule has 0 amide bonds. The van der Waals surface area contributed by atoms with Gasteiger partial charge < -0.3 is 9.15 Å². The molecule has 0 spiro atoms. The largest absolute Gasteiger partial charge is 0.466 e. The van der Waals surface area contributed by atoms with Crippen molar-refractivity contribution in [2.24, 2.45) is 5.92 Å². The summed E-state index contributed by atoms with van der Waals surface area (Å²) in [7, 11) is 0. The van der Waals surface area contributed by atoms with Crippen LogP contribution in [0.25, 0.3) is 0 Å². The average Bonchev–Trinajstić information content (AvgIpc) is 3.26. The number of esters is 1. The third kappa shape index (κ3) is 3.52. The Labute approximate surface area is 129 Å². The molecule has 1 saturated carbocycles. The van der Waals surface area contributed by atoms with Crippen LogP contribution in [-0.2, 0) is 16.2 Å². The van der Waals surface area contributed by atoms with Gasteiger partial charge in [-0.3, -0.25) is 9.69 Å². The minimum absolute atomic E-state index is 0.0357. The van der Waals surface area contributed by atoms with Crippen molar-refractivity contribution in [3.8, 4) is 0 Å². The topological polar surface area (TPSA) is 60.5 Å². The number of hydrogen-bond donors (Lipinski definition) is 0. The first-order chi connectivity index (χ1) is 10.2. The Balaban J connectivity index is 1.53. The molecular formula is C14H21N3O3S. The Bertz CT molecular complexity index is 556. The summed E-state index contributed by atoms with van der Waals surface area (Å²) in [6.45, 7) is 4.66. The molecule has 0 N–H and O–H groups in total. The van der Waals surface area contributed by atoms with Crippen LogP contribution in [0.15, 0.2) is 4.42 Å². The van der Waals surface area contributed by atoms with Crippen molar-refractivity contribution >= 4 is 18.2 Å². The van der Waals surface area contributed by atoms with Crippen LogP contribution in [0.3, 0.4) is 0 Å². The SMILES string of the molecule is CCOC(=O)C1CCN(Cn2nc(C3CC3)oc2=S)CC1. The Morgan fingerprint density at radius 1 is 1.38 bits per heavy atom. The molecule has 116 valence electrons. The maximum absolute atomic E-state index is 11.7. The van der Waals surface area contributed by atoms with Gasteiger partial charge in [-0.1, -0.05) is 0 Å². The van der Waals surface area contributed by atoms with Gasteiger partial charge in [0.15, 0.2) is 0 Å². The maximum Gasteiger partial charge on any atom is 0.309 e. The molecule has 1 aliphatic carbocycles. The van der Waals surface area contributed by atoms with Crippen LogP contribution in [0.5, 0.6) is 0 Å². The van der Waals surface area contributed by atoms with E-state index in [1.807, 2.05) is 6.92 Å². The van der Waals surface area contributed by atoms with E-state index in [0.717, 1.165) is 44.7 Å². The van der Waals surface area contributed by atoms with E-state index >= 15 is 0 Å². The fraction of sp³-hybridized carbons (Fsp3) is 0.786. The van der Waals surface area contributed by atoms with E-state index in [4.69, 9.17) is 21.4 Å². The molecule has 0 aromatic carbocycles. The van der Waals surface area contributed by atoms with Crippen molar-refractivity contribution in [1.29, 1.82) is 0 Å². The van der Waals surface area contributed by atoms with Crippen LogP contribution in [-0.4, -0.2) is 40.3 Å². The van der Waals surface area contributed by atoms with E-state index in [9.17, 15) is 4.79 Å². The molecule has 1 aliphatic heterocycles. The quantitative estimate of drug-likeness (QED) is 0.614. The predicted molar refractivity (Wildman–Crippen MR) is 78.2 cm³/mol. The molecule has 21 heavy (non-hydrogen) atoms. The first-order valence-corrected chi connectivity index (χ1v) is 8.05. The van der Waals surface area contributed by atoms with Crippen molar-refractivity contribution in [2.75, 3.05) is 19.7 Å². The molecule has 1 saturated heterocycles. The van der Waals surface area contributed by atoms with Crippen molar-refractivity contribution in [2.45, 2.75) is 45.2 Å². The number of hydrogen-bond acceptors (Lipinski definition) is 6. The zero-order chi connectivity index (χ0) is 14.8. The second-order valence-electron chi connectivity index (χ2n) is 5.77. The molecule has 0 unspecified atom stereocenters. The summed E-state index contributed by atoms with van der Waals surface area (Å²) in [6, 6.07) is 0. The summed E-state index contributed by atoms with van der Waals surface area (Å²) in [5.41, 5.74) is 0. The Morgan fingerprint density at radius 2 is 2.10 bits per heavy atom. The van der Waals surface area contributed by atoms with Gasteiger partial charge in [-0.05, 0) is 44.8 Å². The summed E-state index contributed by atoms with van der Waals surface area (Å²) in [5.74, 6) is 1.23. The van der Waals surface area contributed by atoms with Crippen molar-refractivity contribution in [3.05, 3.63) is 10.7 Å². The lowest BCUT2D eigenvalue weighted by Crippen LogP contribution is -2.38. The number of rotatable bonds is 5. The fourth-order valence-corrected chi connectivity index (χ4v) is 2.85.